The predicted octanol–water partition coefficient (Wildman–Crippen LogP) is 3.65. The van der Waals surface area contributed by atoms with Crippen molar-refractivity contribution in [3.8, 4) is 35.1 Å². The number of benzene rings is 2. The van der Waals surface area contributed by atoms with E-state index in [1.807, 2.05) is 42.5 Å². The maximum Gasteiger partial charge on any atom is 0.328 e. The van der Waals surface area contributed by atoms with Crippen LogP contribution in [0.3, 0.4) is 0 Å². The number of piperidine rings is 1. The fourth-order valence-corrected chi connectivity index (χ4v) is 4.52. The summed E-state index contributed by atoms with van der Waals surface area (Å²) in [5.74, 6) is 2.64. The highest BCUT2D eigenvalue weighted by Gasteiger charge is 2.28. The fraction of sp³-hybridized carbons (Fsp3) is 0.179. The second-order valence-electron chi connectivity index (χ2n) is 8.80. The topological polar surface area (TPSA) is 136 Å². The van der Waals surface area contributed by atoms with Gasteiger partial charge in [0.25, 0.3) is 0 Å². The first kappa shape index (κ1) is 24.5. The van der Waals surface area contributed by atoms with Crippen LogP contribution in [0.15, 0.2) is 67.0 Å². The number of hydrogen-bond donors (Lipinski definition) is 2. The lowest BCUT2D eigenvalue weighted by Gasteiger charge is -2.32. The summed E-state index contributed by atoms with van der Waals surface area (Å²) in [6, 6.07) is 14.5. The summed E-state index contributed by atoms with van der Waals surface area (Å²) in [5, 5.41) is 14.3. The Labute approximate surface area is 218 Å². The number of fused-ring (bicyclic) bond motifs is 1. The number of carbonyl (C=O) groups is 2. The minimum Gasteiger partial charge on any atom is -0.478 e. The van der Waals surface area contributed by atoms with Gasteiger partial charge in [0, 0.05) is 36.4 Å². The largest absolute Gasteiger partial charge is 0.478 e. The SMILES string of the molecule is C#Cc1cccc(Oc2ccc(-c3nn([C@@H]4CCCN(C(=O)/C=C/C(=O)O)C4)c4ncnc(N)c34)cc2)c1. The van der Waals surface area contributed by atoms with E-state index in [0.29, 0.717) is 47.1 Å². The number of hydrogen-bond acceptors (Lipinski definition) is 7. The molecular formula is C28H24N6O4. The van der Waals surface area contributed by atoms with Crippen molar-refractivity contribution in [3.05, 3.63) is 72.6 Å². The van der Waals surface area contributed by atoms with Gasteiger partial charge in [-0.1, -0.05) is 12.0 Å². The third-order valence-corrected chi connectivity index (χ3v) is 6.30. The molecule has 5 rings (SSSR count). The number of carbonyl (C=O) groups excluding carboxylic acids is 1. The molecule has 0 unspecified atom stereocenters. The van der Waals surface area contributed by atoms with E-state index in [1.165, 1.54) is 6.33 Å². The van der Waals surface area contributed by atoms with E-state index in [1.54, 1.807) is 15.6 Å². The second kappa shape index (κ2) is 10.4. The van der Waals surface area contributed by atoms with Crippen LogP contribution in [0.5, 0.6) is 11.5 Å². The number of nitrogen functional groups attached to an aromatic ring is 1. The van der Waals surface area contributed by atoms with E-state index in [-0.39, 0.29) is 11.9 Å². The molecule has 0 radical (unpaired) electrons. The van der Waals surface area contributed by atoms with E-state index in [0.717, 1.165) is 36.1 Å². The quantitative estimate of drug-likeness (QED) is 0.297. The molecular weight excluding hydrogens is 484 g/mol. The van der Waals surface area contributed by atoms with Crippen LogP contribution >= 0.6 is 0 Å². The van der Waals surface area contributed by atoms with Gasteiger partial charge < -0.3 is 20.5 Å². The number of nitrogens with two attached hydrogens (primary N) is 1. The zero-order valence-corrected chi connectivity index (χ0v) is 20.3. The van der Waals surface area contributed by atoms with Crippen LogP contribution in [0.25, 0.3) is 22.3 Å². The Kier molecular flexibility index (Phi) is 6.74. The van der Waals surface area contributed by atoms with Gasteiger partial charge in [-0.2, -0.15) is 5.10 Å². The Morgan fingerprint density at radius 2 is 1.95 bits per heavy atom. The normalized spacial score (nSPS) is 15.4. The van der Waals surface area contributed by atoms with Gasteiger partial charge >= 0.3 is 5.97 Å². The molecule has 0 spiro atoms. The van der Waals surface area contributed by atoms with Crippen molar-refractivity contribution in [3.63, 3.8) is 0 Å². The number of terminal acetylenes is 1. The van der Waals surface area contributed by atoms with E-state index >= 15 is 0 Å². The van der Waals surface area contributed by atoms with Gasteiger partial charge in [-0.3, -0.25) is 4.79 Å². The molecule has 2 aromatic carbocycles. The van der Waals surface area contributed by atoms with Crippen LogP contribution in [-0.4, -0.2) is 54.7 Å². The molecule has 0 aliphatic carbocycles. The van der Waals surface area contributed by atoms with E-state index in [9.17, 15) is 9.59 Å². The van der Waals surface area contributed by atoms with Gasteiger partial charge in [0.15, 0.2) is 5.65 Å². The first-order valence-corrected chi connectivity index (χ1v) is 12.0. The molecule has 1 saturated heterocycles. The van der Waals surface area contributed by atoms with Gasteiger partial charge in [-0.25, -0.2) is 19.4 Å². The van der Waals surface area contributed by atoms with Crippen molar-refractivity contribution in [1.82, 2.24) is 24.6 Å². The Morgan fingerprint density at radius 1 is 1.13 bits per heavy atom. The fourth-order valence-electron chi connectivity index (χ4n) is 4.52. The maximum absolute atomic E-state index is 12.5. The Bertz CT molecular complexity index is 1590. The Hall–Kier alpha value is -5.17. The van der Waals surface area contributed by atoms with Crippen molar-refractivity contribution < 1.29 is 19.4 Å². The lowest BCUT2D eigenvalue weighted by molar-refractivity contribution is -0.132. The van der Waals surface area contributed by atoms with Crippen LogP contribution in [0.4, 0.5) is 5.82 Å². The average Bonchev–Trinajstić information content (AvgIpc) is 3.33. The van der Waals surface area contributed by atoms with Gasteiger partial charge in [0.1, 0.15) is 29.3 Å². The third-order valence-electron chi connectivity index (χ3n) is 6.30. The maximum atomic E-state index is 12.5. The molecule has 1 amide bonds. The number of amides is 1. The summed E-state index contributed by atoms with van der Waals surface area (Å²) in [5.41, 5.74) is 8.98. The standard InChI is InChI=1S/C28H24N6O4/c1-2-18-5-3-7-22(15-18)38-21-10-8-19(9-11-21)26-25-27(29)30-17-31-28(25)34(32-26)20-6-4-14-33(16-20)23(35)12-13-24(36)37/h1,3,5,7-13,15,17,20H,4,6,14,16H2,(H,36,37)(H2,29,30,31)/b13-12+/t20-/m1/s1. The molecule has 10 nitrogen and oxygen atoms in total. The zero-order chi connectivity index (χ0) is 26.6. The van der Waals surface area contributed by atoms with E-state index < -0.39 is 5.97 Å². The number of carboxylic acid groups (broad SMARTS) is 1. The van der Waals surface area contributed by atoms with Gasteiger partial charge in [0.05, 0.1) is 11.4 Å². The van der Waals surface area contributed by atoms with Crippen LogP contribution in [0.2, 0.25) is 0 Å². The first-order valence-electron chi connectivity index (χ1n) is 12.0. The van der Waals surface area contributed by atoms with Crippen LogP contribution in [-0.2, 0) is 9.59 Å². The van der Waals surface area contributed by atoms with E-state index in [2.05, 4.69) is 15.9 Å². The van der Waals surface area contributed by atoms with Crippen LogP contribution in [0.1, 0.15) is 24.4 Å². The minimum atomic E-state index is -1.17. The highest BCUT2D eigenvalue weighted by molar-refractivity contribution is 5.98. The highest BCUT2D eigenvalue weighted by atomic mass is 16.5. The molecule has 0 bridgehead atoms. The molecule has 2 aromatic heterocycles. The van der Waals surface area contributed by atoms with Gasteiger partial charge in [-0.15, -0.1) is 6.42 Å². The van der Waals surface area contributed by atoms with E-state index in [4.69, 9.17) is 27.1 Å². The lowest BCUT2D eigenvalue weighted by Crippen LogP contribution is -2.40. The van der Waals surface area contributed by atoms with Crippen LogP contribution < -0.4 is 10.5 Å². The smallest absolute Gasteiger partial charge is 0.328 e. The third kappa shape index (κ3) is 5.03. The molecule has 190 valence electrons. The highest BCUT2D eigenvalue weighted by Crippen LogP contribution is 2.35. The number of rotatable bonds is 6. The van der Waals surface area contributed by atoms with Crippen molar-refractivity contribution in [2.45, 2.75) is 18.9 Å². The first-order chi connectivity index (χ1) is 18.4. The summed E-state index contributed by atoms with van der Waals surface area (Å²) in [4.78, 5) is 33.6. The molecule has 1 aliphatic heterocycles. The number of aromatic nitrogens is 4. The molecule has 0 saturated carbocycles. The summed E-state index contributed by atoms with van der Waals surface area (Å²) in [6.07, 6.45) is 10.3. The number of anilines is 1. The Morgan fingerprint density at radius 3 is 2.71 bits per heavy atom. The number of nitrogens with zero attached hydrogens (tertiary/aromatic N) is 5. The minimum absolute atomic E-state index is 0.164. The van der Waals surface area contributed by atoms with Crippen LogP contribution in [0, 0.1) is 12.3 Å². The second-order valence-corrected chi connectivity index (χ2v) is 8.80. The average molecular weight is 509 g/mol. The molecule has 1 fully saturated rings. The Balaban J connectivity index is 1.44. The molecule has 4 aromatic rings. The predicted molar refractivity (Wildman–Crippen MR) is 141 cm³/mol. The van der Waals surface area contributed by atoms with Crippen molar-refractivity contribution in [1.29, 1.82) is 0 Å². The zero-order valence-electron chi connectivity index (χ0n) is 20.3. The molecule has 38 heavy (non-hydrogen) atoms. The summed E-state index contributed by atoms with van der Waals surface area (Å²) in [6.45, 7) is 0.903. The number of aliphatic carboxylic acids is 1. The molecule has 10 heteroatoms. The molecule has 3 heterocycles. The van der Waals surface area contributed by atoms with Gasteiger partial charge in [0.2, 0.25) is 5.91 Å². The number of carboxylic acids is 1. The molecule has 1 aliphatic rings. The number of ether oxygens (including phenoxy) is 1. The monoisotopic (exact) mass is 508 g/mol. The molecule has 1 atom stereocenters. The summed E-state index contributed by atoms with van der Waals surface area (Å²) >= 11 is 0. The van der Waals surface area contributed by atoms with Crippen molar-refractivity contribution in [2.75, 3.05) is 18.8 Å². The lowest BCUT2D eigenvalue weighted by atomic mass is 10.1. The summed E-state index contributed by atoms with van der Waals surface area (Å²) < 4.78 is 7.73. The van der Waals surface area contributed by atoms with Gasteiger partial charge in [-0.05, 0) is 55.3 Å². The number of likely N-dealkylation sites (tertiary alicyclic amines) is 1. The van der Waals surface area contributed by atoms with Crippen molar-refractivity contribution >= 4 is 28.7 Å². The van der Waals surface area contributed by atoms with Crippen molar-refractivity contribution in [2.24, 2.45) is 0 Å². The molecule has 3 N–H and O–H groups in total. The summed E-state index contributed by atoms with van der Waals surface area (Å²) in [7, 11) is 0.